The highest BCUT2D eigenvalue weighted by Gasteiger charge is 2.32. The zero-order valence-electron chi connectivity index (χ0n) is 11.6. The molecular formula is C15H15ClFN3O. The quantitative estimate of drug-likeness (QED) is 0.854. The molecule has 21 heavy (non-hydrogen) atoms. The zero-order chi connectivity index (χ0) is 15.0. The number of nitrogens with zero attached hydrogens (tertiary/aromatic N) is 3. The molecule has 6 heteroatoms. The summed E-state index contributed by atoms with van der Waals surface area (Å²) in [5, 5.41) is 4.46. The fourth-order valence-electron chi connectivity index (χ4n) is 2.81. The molecular weight excluding hydrogens is 293 g/mol. The van der Waals surface area contributed by atoms with Crippen LogP contribution in [0.4, 0.5) is 4.39 Å². The topological polar surface area (TPSA) is 38.1 Å². The van der Waals surface area contributed by atoms with Crippen molar-refractivity contribution in [2.45, 2.75) is 18.9 Å². The third kappa shape index (κ3) is 2.65. The maximum absolute atomic E-state index is 13.4. The largest absolute Gasteiger partial charge is 0.330 e. The number of carbonyl (C=O) groups excluding carboxylic acids is 1. The molecule has 1 unspecified atom stereocenters. The van der Waals surface area contributed by atoms with Crippen molar-refractivity contribution < 1.29 is 9.18 Å². The smallest absolute Gasteiger partial charge is 0.276 e. The van der Waals surface area contributed by atoms with Crippen LogP contribution in [0.1, 0.15) is 34.9 Å². The second-order valence-corrected chi connectivity index (χ2v) is 5.62. The number of carbonyl (C=O) groups is 1. The minimum absolute atomic E-state index is 0.119. The number of rotatable bonds is 2. The van der Waals surface area contributed by atoms with E-state index in [2.05, 4.69) is 5.10 Å². The van der Waals surface area contributed by atoms with E-state index in [1.165, 1.54) is 16.8 Å². The van der Waals surface area contributed by atoms with Crippen molar-refractivity contribution in [2.24, 2.45) is 7.05 Å². The van der Waals surface area contributed by atoms with Gasteiger partial charge in [0, 0.05) is 19.8 Å². The van der Waals surface area contributed by atoms with Gasteiger partial charge in [0.1, 0.15) is 5.82 Å². The van der Waals surface area contributed by atoms with Crippen LogP contribution < -0.4 is 0 Å². The highest BCUT2D eigenvalue weighted by atomic mass is 35.5. The number of benzene rings is 1. The first-order chi connectivity index (χ1) is 10.1. The lowest BCUT2D eigenvalue weighted by Crippen LogP contribution is -2.31. The molecule has 1 fully saturated rings. The van der Waals surface area contributed by atoms with Gasteiger partial charge in [0.25, 0.3) is 5.91 Å². The number of hydrogen-bond acceptors (Lipinski definition) is 2. The Bertz CT molecular complexity index is 685. The summed E-state index contributed by atoms with van der Waals surface area (Å²) in [5.74, 6) is -0.491. The fraction of sp³-hybridized carbons (Fsp3) is 0.333. The van der Waals surface area contributed by atoms with E-state index in [4.69, 9.17) is 11.6 Å². The number of likely N-dealkylation sites (tertiary alicyclic amines) is 1. The van der Waals surface area contributed by atoms with Crippen molar-refractivity contribution in [3.05, 3.63) is 52.6 Å². The lowest BCUT2D eigenvalue weighted by molar-refractivity contribution is 0.0729. The van der Waals surface area contributed by atoms with Gasteiger partial charge in [-0.25, -0.2) is 4.39 Å². The number of halogens is 2. The van der Waals surface area contributed by atoms with E-state index in [1.807, 2.05) is 6.07 Å². The maximum Gasteiger partial charge on any atom is 0.276 e. The molecule has 1 aliphatic heterocycles. The van der Waals surface area contributed by atoms with Crippen LogP contribution in [0.15, 0.2) is 30.5 Å². The number of aryl methyl sites for hydroxylation is 1. The van der Waals surface area contributed by atoms with Gasteiger partial charge >= 0.3 is 0 Å². The van der Waals surface area contributed by atoms with Crippen molar-refractivity contribution in [3.63, 3.8) is 0 Å². The van der Waals surface area contributed by atoms with Crippen molar-refractivity contribution in [2.75, 3.05) is 6.54 Å². The monoisotopic (exact) mass is 307 g/mol. The van der Waals surface area contributed by atoms with Crippen molar-refractivity contribution in [3.8, 4) is 0 Å². The molecule has 1 aromatic heterocycles. The first kappa shape index (κ1) is 14.1. The van der Waals surface area contributed by atoms with Crippen LogP contribution in [-0.4, -0.2) is 27.1 Å². The van der Waals surface area contributed by atoms with Crippen LogP contribution in [0.25, 0.3) is 0 Å². The Hall–Kier alpha value is -1.88. The molecule has 0 saturated carbocycles. The molecule has 0 aliphatic carbocycles. The zero-order valence-corrected chi connectivity index (χ0v) is 12.3. The van der Waals surface area contributed by atoms with Crippen LogP contribution in [-0.2, 0) is 7.05 Å². The Morgan fingerprint density at radius 2 is 2.29 bits per heavy atom. The van der Waals surface area contributed by atoms with Gasteiger partial charge in [-0.2, -0.15) is 5.10 Å². The lowest BCUT2D eigenvalue weighted by atomic mass is 10.0. The van der Waals surface area contributed by atoms with Gasteiger partial charge in [0.05, 0.1) is 11.1 Å². The molecule has 1 amide bonds. The Kier molecular flexibility index (Phi) is 3.68. The van der Waals surface area contributed by atoms with Gasteiger partial charge in [-0.15, -0.1) is 0 Å². The van der Waals surface area contributed by atoms with Crippen molar-refractivity contribution in [1.29, 1.82) is 0 Å². The summed E-state index contributed by atoms with van der Waals surface area (Å²) >= 11 is 6.05. The highest BCUT2D eigenvalue weighted by Crippen LogP contribution is 2.34. The van der Waals surface area contributed by atoms with E-state index in [0.717, 1.165) is 18.4 Å². The Morgan fingerprint density at radius 1 is 1.48 bits per heavy atom. The number of aromatic nitrogens is 2. The van der Waals surface area contributed by atoms with Crippen LogP contribution in [0.5, 0.6) is 0 Å². The standard InChI is InChI=1S/C15H15ClFN3O/c1-19-9-12(16)14(18-19)15(21)20-7-3-6-13(20)10-4-2-5-11(17)8-10/h2,4-5,8-9,13H,3,6-7H2,1H3. The summed E-state index contributed by atoms with van der Waals surface area (Å²) in [6.45, 7) is 0.632. The van der Waals surface area contributed by atoms with Gasteiger partial charge in [0.15, 0.2) is 5.69 Å². The average Bonchev–Trinajstić information content (AvgIpc) is 3.04. The van der Waals surface area contributed by atoms with Crippen LogP contribution in [0.3, 0.4) is 0 Å². The summed E-state index contributed by atoms with van der Waals surface area (Å²) in [4.78, 5) is 14.3. The van der Waals surface area contributed by atoms with E-state index in [9.17, 15) is 9.18 Å². The third-order valence-electron chi connectivity index (χ3n) is 3.73. The molecule has 4 nitrogen and oxygen atoms in total. The van der Waals surface area contributed by atoms with E-state index < -0.39 is 0 Å². The SMILES string of the molecule is Cn1cc(Cl)c(C(=O)N2CCCC2c2cccc(F)c2)n1. The lowest BCUT2D eigenvalue weighted by Gasteiger charge is -2.24. The molecule has 3 rings (SSSR count). The molecule has 2 aromatic rings. The fourth-order valence-corrected chi connectivity index (χ4v) is 3.07. The molecule has 0 bridgehead atoms. The van der Waals surface area contributed by atoms with Crippen molar-refractivity contribution >= 4 is 17.5 Å². The Morgan fingerprint density at radius 3 is 2.95 bits per heavy atom. The average molecular weight is 308 g/mol. The number of amides is 1. The second-order valence-electron chi connectivity index (χ2n) is 5.21. The Balaban J connectivity index is 1.90. The van der Waals surface area contributed by atoms with E-state index in [1.54, 1.807) is 24.2 Å². The molecule has 0 radical (unpaired) electrons. The third-order valence-corrected chi connectivity index (χ3v) is 4.01. The molecule has 1 aromatic carbocycles. The summed E-state index contributed by atoms with van der Waals surface area (Å²) in [6, 6.07) is 6.28. The highest BCUT2D eigenvalue weighted by molar-refractivity contribution is 6.33. The summed E-state index contributed by atoms with van der Waals surface area (Å²) in [5.41, 5.74) is 1.07. The van der Waals surface area contributed by atoms with Gasteiger partial charge in [0.2, 0.25) is 0 Å². The first-order valence-electron chi connectivity index (χ1n) is 6.82. The van der Waals surface area contributed by atoms with Gasteiger partial charge < -0.3 is 4.90 Å². The molecule has 0 spiro atoms. The molecule has 0 N–H and O–H groups in total. The predicted octanol–water partition coefficient (Wildman–Crippen LogP) is 3.19. The summed E-state index contributed by atoms with van der Waals surface area (Å²) < 4.78 is 14.9. The molecule has 1 atom stereocenters. The normalized spacial score (nSPS) is 18.2. The van der Waals surface area contributed by atoms with E-state index >= 15 is 0 Å². The second kappa shape index (κ2) is 5.48. The number of hydrogen-bond donors (Lipinski definition) is 0. The van der Waals surface area contributed by atoms with E-state index in [-0.39, 0.29) is 23.5 Å². The van der Waals surface area contributed by atoms with E-state index in [0.29, 0.717) is 11.6 Å². The summed E-state index contributed by atoms with van der Waals surface area (Å²) in [7, 11) is 1.72. The van der Waals surface area contributed by atoms with Crippen molar-refractivity contribution in [1.82, 2.24) is 14.7 Å². The van der Waals surface area contributed by atoms with Crippen LogP contribution >= 0.6 is 11.6 Å². The molecule has 110 valence electrons. The first-order valence-corrected chi connectivity index (χ1v) is 7.19. The summed E-state index contributed by atoms with van der Waals surface area (Å²) in [6.07, 6.45) is 3.30. The molecule has 2 heterocycles. The maximum atomic E-state index is 13.4. The molecule has 1 saturated heterocycles. The predicted molar refractivity (Wildman–Crippen MR) is 77.6 cm³/mol. The van der Waals surface area contributed by atoms with Crippen LogP contribution in [0, 0.1) is 5.82 Å². The Labute approximate surface area is 127 Å². The molecule has 1 aliphatic rings. The minimum Gasteiger partial charge on any atom is -0.330 e. The van der Waals surface area contributed by atoms with Gasteiger partial charge in [-0.05, 0) is 30.5 Å². The van der Waals surface area contributed by atoms with Gasteiger partial charge in [-0.3, -0.25) is 9.48 Å². The van der Waals surface area contributed by atoms with Crippen LogP contribution in [0.2, 0.25) is 5.02 Å². The minimum atomic E-state index is -0.289. The van der Waals surface area contributed by atoms with Gasteiger partial charge in [-0.1, -0.05) is 23.7 Å².